The molecule has 0 saturated heterocycles. The van der Waals surface area contributed by atoms with E-state index in [1.807, 2.05) is 13.0 Å². The number of phenolic OH excluding ortho intramolecular Hbond substituents is 1. The van der Waals surface area contributed by atoms with Gasteiger partial charge in [-0.1, -0.05) is 0 Å². The van der Waals surface area contributed by atoms with Crippen LogP contribution < -0.4 is 5.32 Å². The first-order valence-electron chi connectivity index (χ1n) is 6.24. The van der Waals surface area contributed by atoms with Gasteiger partial charge in [-0.2, -0.15) is 0 Å². The van der Waals surface area contributed by atoms with Crippen molar-refractivity contribution in [3.63, 3.8) is 0 Å². The molecule has 0 radical (unpaired) electrons. The Labute approximate surface area is 101 Å². The van der Waals surface area contributed by atoms with E-state index in [0.29, 0.717) is 0 Å². The molecule has 90 valence electrons. The average molecular weight is 231 g/mol. The van der Waals surface area contributed by atoms with Crippen molar-refractivity contribution in [1.82, 2.24) is 0 Å². The van der Waals surface area contributed by atoms with Crippen molar-refractivity contribution >= 4 is 11.6 Å². The van der Waals surface area contributed by atoms with Gasteiger partial charge in [0.25, 0.3) is 0 Å². The molecule has 1 amide bonds. The van der Waals surface area contributed by atoms with Crippen LogP contribution in [0.4, 0.5) is 5.69 Å². The van der Waals surface area contributed by atoms with Gasteiger partial charge in [-0.15, -0.1) is 0 Å². The maximum Gasteiger partial charge on any atom is 0.227 e. The second kappa shape index (κ2) is 3.76. The minimum Gasteiger partial charge on any atom is -0.508 e. The van der Waals surface area contributed by atoms with Gasteiger partial charge >= 0.3 is 0 Å². The predicted octanol–water partition coefficient (Wildman–Crippen LogP) is 2.69. The van der Waals surface area contributed by atoms with Crippen molar-refractivity contribution in [2.24, 2.45) is 17.8 Å². The fraction of sp³-hybridized carbons (Fsp3) is 0.500. The second-order valence-corrected chi connectivity index (χ2v) is 5.41. The summed E-state index contributed by atoms with van der Waals surface area (Å²) in [5.41, 5.74) is 1.57. The Morgan fingerprint density at radius 3 is 2.65 bits per heavy atom. The third-order valence-electron chi connectivity index (χ3n) is 4.08. The summed E-state index contributed by atoms with van der Waals surface area (Å²) in [5, 5.41) is 12.4. The van der Waals surface area contributed by atoms with Gasteiger partial charge in [-0.25, -0.2) is 0 Å². The lowest BCUT2D eigenvalue weighted by molar-refractivity contribution is -0.120. The lowest BCUT2D eigenvalue weighted by atomic mass is 10.0. The molecule has 17 heavy (non-hydrogen) atoms. The largest absolute Gasteiger partial charge is 0.508 e. The number of nitrogens with one attached hydrogen (secondary N) is 1. The quantitative estimate of drug-likeness (QED) is 0.769. The van der Waals surface area contributed by atoms with Crippen LogP contribution in [0.25, 0.3) is 0 Å². The number of aromatic hydroxyl groups is 1. The maximum atomic E-state index is 12.0. The molecule has 2 atom stereocenters. The SMILES string of the molecule is Cc1cc(NC(=O)C2CC3CC3C2)ccc1O. The molecule has 0 aromatic heterocycles. The number of amides is 1. The molecular formula is C14H17NO2. The van der Waals surface area contributed by atoms with Gasteiger partial charge in [0.1, 0.15) is 5.75 Å². The van der Waals surface area contributed by atoms with Crippen molar-refractivity contribution in [2.45, 2.75) is 26.2 Å². The van der Waals surface area contributed by atoms with Crippen LogP contribution in [0.1, 0.15) is 24.8 Å². The van der Waals surface area contributed by atoms with Crippen LogP contribution in [0, 0.1) is 24.7 Å². The zero-order valence-corrected chi connectivity index (χ0v) is 9.94. The maximum absolute atomic E-state index is 12.0. The number of anilines is 1. The predicted molar refractivity (Wildman–Crippen MR) is 65.8 cm³/mol. The molecule has 0 aliphatic heterocycles. The number of hydrogen-bond donors (Lipinski definition) is 2. The van der Waals surface area contributed by atoms with Crippen LogP contribution in [-0.2, 0) is 4.79 Å². The molecule has 3 heteroatoms. The summed E-state index contributed by atoms with van der Waals surface area (Å²) < 4.78 is 0. The standard InChI is InChI=1S/C14H17NO2/c1-8-4-12(2-3-13(8)16)15-14(17)11-6-9-5-10(9)7-11/h2-4,9-11,16H,5-7H2,1H3,(H,15,17). The first kappa shape index (κ1) is 10.6. The minimum absolute atomic E-state index is 0.141. The van der Waals surface area contributed by atoms with Gasteiger partial charge in [0.2, 0.25) is 5.91 Å². The van der Waals surface area contributed by atoms with Crippen LogP contribution in [0.2, 0.25) is 0 Å². The summed E-state index contributed by atoms with van der Waals surface area (Å²) in [7, 11) is 0. The summed E-state index contributed by atoms with van der Waals surface area (Å²) in [6.07, 6.45) is 3.46. The van der Waals surface area contributed by atoms with E-state index in [-0.39, 0.29) is 17.6 Å². The molecule has 2 fully saturated rings. The molecule has 2 saturated carbocycles. The Hall–Kier alpha value is -1.51. The van der Waals surface area contributed by atoms with Crippen molar-refractivity contribution in [2.75, 3.05) is 5.32 Å². The zero-order chi connectivity index (χ0) is 12.0. The van der Waals surface area contributed by atoms with Gasteiger partial charge in [0, 0.05) is 11.6 Å². The Morgan fingerprint density at radius 1 is 1.29 bits per heavy atom. The summed E-state index contributed by atoms with van der Waals surface area (Å²) in [6.45, 7) is 1.83. The number of aryl methyl sites for hydroxylation is 1. The normalized spacial score (nSPS) is 29.8. The molecule has 3 rings (SSSR count). The molecular weight excluding hydrogens is 214 g/mol. The molecule has 2 N–H and O–H groups in total. The van der Waals surface area contributed by atoms with Crippen LogP contribution in [-0.4, -0.2) is 11.0 Å². The number of fused-ring (bicyclic) bond motifs is 1. The van der Waals surface area contributed by atoms with Crippen LogP contribution in [0.5, 0.6) is 5.75 Å². The van der Waals surface area contributed by atoms with Gasteiger partial charge in [-0.3, -0.25) is 4.79 Å². The summed E-state index contributed by atoms with van der Waals surface area (Å²) in [6, 6.07) is 5.18. The Kier molecular flexibility index (Phi) is 2.35. The highest BCUT2D eigenvalue weighted by Gasteiger charge is 2.47. The number of rotatable bonds is 2. The molecule has 2 aliphatic rings. The Morgan fingerprint density at radius 2 is 2.00 bits per heavy atom. The van der Waals surface area contributed by atoms with E-state index in [0.717, 1.165) is 35.9 Å². The number of hydrogen-bond acceptors (Lipinski definition) is 2. The highest BCUT2D eigenvalue weighted by Crippen LogP contribution is 2.54. The van der Waals surface area contributed by atoms with Gasteiger partial charge in [0.15, 0.2) is 0 Å². The molecule has 2 aliphatic carbocycles. The average Bonchev–Trinajstić information content (AvgIpc) is 2.91. The Bertz CT molecular complexity index is 459. The van der Waals surface area contributed by atoms with Crippen LogP contribution in [0.3, 0.4) is 0 Å². The number of phenols is 1. The van der Waals surface area contributed by atoms with Crippen molar-refractivity contribution in [3.8, 4) is 5.75 Å². The van der Waals surface area contributed by atoms with Gasteiger partial charge < -0.3 is 10.4 Å². The van der Waals surface area contributed by atoms with Gasteiger partial charge in [-0.05, 0) is 61.8 Å². The van der Waals surface area contributed by atoms with Crippen molar-refractivity contribution in [1.29, 1.82) is 0 Å². The van der Waals surface area contributed by atoms with E-state index in [4.69, 9.17) is 0 Å². The first-order valence-corrected chi connectivity index (χ1v) is 6.24. The highest BCUT2D eigenvalue weighted by molar-refractivity contribution is 5.93. The van der Waals surface area contributed by atoms with E-state index < -0.39 is 0 Å². The summed E-state index contributed by atoms with van der Waals surface area (Å²) in [4.78, 5) is 12.0. The summed E-state index contributed by atoms with van der Waals surface area (Å²) >= 11 is 0. The number of carbonyl (C=O) groups is 1. The molecule has 0 spiro atoms. The van der Waals surface area contributed by atoms with E-state index in [2.05, 4.69) is 5.32 Å². The molecule has 2 unspecified atom stereocenters. The first-order chi connectivity index (χ1) is 8.13. The van der Waals surface area contributed by atoms with E-state index in [1.54, 1.807) is 12.1 Å². The van der Waals surface area contributed by atoms with E-state index in [1.165, 1.54) is 6.42 Å². The fourth-order valence-corrected chi connectivity index (χ4v) is 2.91. The van der Waals surface area contributed by atoms with E-state index >= 15 is 0 Å². The Balaban J connectivity index is 1.65. The summed E-state index contributed by atoms with van der Waals surface area (Å²) in [5.74, 6) is 2.26. The lowest BCUT2D eigenvalue weighted by Gasteiger charge is -2.12. The topological polar surface area (TPSA) is 49.3 Å². The van der Waals surface area contributed by atoms with Crippen LogP contribution in [0.15, 0.2) is 18.2 Å². The van der Waals surface area contributed by atoms with Crippen LogP contribution >= 0.6 is 0 Å². The van der Waals surface area contributed by atoms with Crippen molar-refractivity contribution in [3.05, 3.63) is 23.8 Å². The monoisotopic (exact) mass is 231 g/mol. The third kappa shape index (κ3) is 2.02. The second-order valence-electron chi connectivity index (χ2n) is 5.41. The minimum atomic E-state index is 0.141. The molecule has 3 nitrogen and oxygen atoms in total. The fourth-order valence-electron chi connectivity index (χ4n) is 2.91. The van der Waals surface area contributed by atoms with Gasteiger partial charge in [0.05, 0.1) is 0 Å². The molecule has 0 heterocycles. The smallest absolute Gasteiger partial charge is 0.227 e. The highest BCUT2D eigenvalue weighted by atomic mass is 16.3. The molecule has 0 bridgehead atoms. The zero-order valence-electron chi connectivity index (χ0n) is 9.94. The number of benzene rings is 1. The number of carbonyl (C=O) groups excluding carboxylic acids is 1. The van der Waals surface area contributed by atoms with Crippen molar-refractivity contribution < 1.29 is 9.90 Å². The van der Waals surface area contributed by atoms with E-state index in [9.17, 15) is 9.90 Å². The molecule has 1 aromatic rings. The third-order valence-corrected chi connectivity index (χ3v) is 4.08. The molecule has 1 aromatic carbocycles. The lowest BCUT2D eigenvalue weighted by Crippen LogP contribution is -2.21.